The number of nitrogens with one attached hydrogen (secondary N) is 2. The van der Waals surface area contributed by atoms with E-state index in [2.05, 4.69) is 26.6 Å². The Kier molecular flexibility index (Phi) is 6.16. The van der Waals surface area contributed by atoms with Gasteiger partial charge in [-0.25, -0.2) is 8.42 Å². The van der Waals surface area contributed by atoms with Gasteiger partial charge in [-0.05, 0) is 65.7 Å². The van der Waals surface area contributed by atoms with Gasteiger partial charge < -0.3 is 10.6 Å². The molecule has 2 aromatic rings. The maximum absolute atomic E-state index is 12.9. The highest BCUT2D eigenvalue weighted by atomic mass is 79.9. The molecule has 0 fully saturated rings. The molecule has 2 aromatic carbocycles. The number of hydrogen-bond acceptors (Lipinski definition) is 5. The van der Waals surface area contributed by atoms with Gasteiger partial charge in [0.2, 0.25) is 11.8 Å². The second kappa shape index (κ2) is 8.26. The molecule has 0 bridgehead atoms. The molecule has 28 heavy (non-hydrogen) atoms. The second-order valence-corrected chi connectivity index (χ2v) is 10.8. The third kappa shape index (κ3) is 4.59. The Morgan fingerprint density at radius 3 is 2.75 bits per heavy atom. The van der Waals surface area contributed by atoms with Crippen molar-refractivity contribution in [3.8, 4) is 0 Å². The molecule has 6 nitrogen and oxygen atoms in total. The van der Waals surface area contributed by atoms with Crippen LogP contribution in [0.5, 0.6) is 0 Å². The van der Waals surface area contributed by atoms with E-state index in [0.29, 0.717) is 17.1 Å². The van der Waals surface area contributed by atoms with Crippen molar-refractivity contribution in [1.29, 1.82) is 0 Å². The molecule has 9 heteroatoms. The SMILES string of the molecule is Cc1ccc(NC(=O)CC(C)S(=O)(=O)c2ccc3c(c2)NC(=O)CS3)c(Br)c1. The Balaban J connectivity index is 1.74. The van der Waals surface area contributed by atoms with Crippen molar-refractivity contribution in [3.63, 3.8) is 0 Å². The predicted molar refractivity (Wildman–Crippen MR) is 115 cm³/mol. The number of aryl methyl sites for hydroxylation is 1. The lowest BCUT2D eigenvalue weighted by Gasteiger charge is -2.19. The first-order valence-electron chi connectivity index (χ1n) is 8.53. The number of carbonyl (C=O) groups is 2. The summed E-state index contributed by atoms with van der Waals surface area (Å²) in [6.07, 6.45) is -0.180. The molecule has 0 aromatic heterocycles. The van der Waals surface area contributed by atoms with Crippen molar-refractivity contribution in [1.82, 2.24) is 0 Å². The molecule has 1 heterocycles. The van der Waals surface area contributed by atoms with E-state index in [9.17, 15) is 18.0 Å². The fraction of sp³-hybridized carbons (Fsp3) is 0.263. The Labute approximate surface area is 176 Å². The van der Waals surface area contributed by atoms with Gasteiger partial charge in [-0.3, -0.25) is 9.59 Å². The van der Waals surface area contributed by atoms with Gasteiger partial charge in [0.15, 0.2) is 9.84 Å². The molecule has 0 saturated carbocycles. The van der Waals surface area contributed by atoms with Crippen LogP contribution >= 0.6 is 27.7 Å². The molecule has 2 amide bonds. The fourth-order valence-corrected chi connectivity index (χ4v) is 5.52. The number of anilines is 2. The molecule has 3 rings (SSSR count). The van der Waals surface area contributed by atoms with Gasteiger partial charge in [-0.1, -0.05) is 6.07 Å². The van der Waals surface area contributed by atoms with Crippen molar-refractivity contribution in [2.75, 3.05) is 16.4 Å². The Hall–Kier alpha value is -1.84. The average Bonchev–Trinajstić information content (AvgIpc) is 2.63. The standard InChI is InChI=1S/C19H19BrN2O4S2/c1-11-3-5-15(14(20)7-11)21-18(23)8-12(2)28(25,26)13-4-6-17-16(9-13)22-19(24)10-27-17/h3-7,9,12H,8,10H2,1-2H3,(H,21,23)(H,22,24). The van der Waals surface area contributed by atoms with Gasteiger partial charge in [0.1, 0.15) is 0 Å². The van der Waals surface area contributed by atoms with E-state index in [1.165, 1.54) is 30.8 Å². The summed E-state index contributed by atoms with van der Waals surface area (Å²) in [6.45, 7) is 3.44. The average molecular weight is 483 g/mol. The lowest BCUT2D eigenvalue weighted by atomic mass is 10.2. The highest BCUT2D eigenvalue weighted by Crippen LogP contribution is 2.34. The van der Waals surface area contributed by atoms with Crippen molar-refractivity contribution in [2.24, 2.45) is 0 Å². The third-order valence-electron chi connectivity index (χ3n) is 4.31. The summed E-state index contributed by atoms with van der Waals surface area (Å²) in [5.74, 6) is -0.241. The maximum Gasteiger partial charge on any atom is 0.234 e. The molecule has 1 aliphatic rings. The third-order valence-corrected chi connectivity index (χ3v) is 8.18. The van der Waals surface area contributed by atoms with Crippen molar-refractivity contribution < 1.29 is 18.0 Å². The van der Waals surface area contributed by atoms with Gasteiger partial charge in [0.05, 0.1) is 27.3 Å². The quantitative estimate of drug-likeness (QED) is 0.671. The summed E-state index contributed by atoms with van der Waals surface area (Å²) in [5.41, 5.74) is 2.12. The first-order chi connectivity index (χ1) is 13.2. The normalized spacial score (nSPS) is 14.8. The molecule has 1 aliphatic heterocycles. The van der Waals surface area contributed by atoms with Crippen molar-refractivity contribution >= 4 is 60.7 Å². The monoisotopic (exact) mass is 482 g/mol. The van der Waals surface area contributed by atoms with Gasteiger partial charge in [0.25, 0.3) is 0 Å². The van der Waals surface area contributed by atoms with Crippen LogP contribution in [0.3, 0.4) is 0 Å². The zero-order valence-corrected chi connectivity index (χ0v) is 18.5. The predicted octanol–water partition coefficient (Wildman–Crippen LogP) is 3.99. The molecule has 0 saturated heterocycles. The highest BCUT2D eigenvalue weighted by molar-refractivity contribution is 9.10. The fourth-order valence-electron chi connectivity index (χ4n) is 2.77. The largest absolute Gasteiger partial charge is 0.325 e. The van der Waals surface area contributed by atoms with Crippen LogP contribution < -0.4 is 10.6 Å². The number of sulfone groups is 1. The lowest BCUT2D eigenvalue weighted by Crippen LogP contribution is -2.25. The Bertz CT molecular complexity index is 1050. The highest BCUT2D eigenvalue weighted by Gasteiger charge is 2.27. The van der Waals surface area contributed by atoms with E-state index < -0.39 is 15.1 Å². The van der Waals surface area contributed by atoms with Gasteiger partial charge >= 0.3 is 0 Å². The summed E-state index contributed by atoms with van der Waals surface area (Å²) >= 11 is 4.75. The van der Waals surface area contributed by atoms with Crippen LogP contribution in [-0.4, -0.2) is 31.2 Å². The summed E-state index contributed by atoms with van der Waals surface area (Å²) in [7, 11) is -3.73. The minimum atomic E-state index is -3.73. The van der Waals surface area contributed by atoms with E-state index in [0.717, 1.165) is 14.9 Å². The number of fused-ring (bicyclic) bond motifs is 1. The van der Waals surface area contributed by atoms with E-state index in [4.69, 9.17) is 0 Å². The number of amides is 2. The van der Waals surface area contributed by atoms with E-state index >= 15 is 0 Å². The molecule has 148 valence electrons. The smallest absolute Gasteiger partial charge is 0.234 e. The number of halogens is 1. The Morgan fingerprint density at radius 2 is 2.04 bits per heavy atom. The van der Waals surface area contributed by atoms with Crippen LogP contribution in [0.4, 0.5) is 11.4 Å². The molecule has 2 N–H and O–H groups in total. The molecule has 1 unspecified atom stereocenters. The molecule has 0 aliphatic carbocycles. The number of rotatable bonds is 5. The number of hydrogen-bond donors (Lipinski definition) is 2. The van der Waals surface area contributed by atoms with E-state index in [1.807, 2.05) is 19.1 Å². The number of thioether (sulfide) groups is 1. The van der Waals surface area contributed by atoms with Gasteiger partial charge in [0, 0.05) is 15.8 Å². The van der Waals surface area contributed by atoms with Crippen molar-refractivity contribution in [2.45, 2.75) is 35.3 Å². The van der Waals surface area contributed by atoms with Crippen molar-refractivity contribution in [3.05, 3.63) is 46.4 Å². The summed E-state index contributed by atoms with van der Waals surface area (Å²) in [5, 5.41) is 4.51. The van der Waals surface area contributed by atoms with Crippen LogP contribution in [-0.2, 0) is 19.4 Å². The zero-order valence-electron chi connectivity index (χ0n) is 15.3. The summed E-state index contributed by atoms with van der Waals surface area (Å²) in [6, 6.07) is 10.2. The molecular weight excluding hydrogens is 464 g/mol. The van der Waals surface area contributed by atoms with Gasteiger partial charge in [-0.2, -0.15) is 0 Å². The van der Waals surface area contributed by atoms with Crippen LogP contribution in [0.15, 0.2) is 50.7 Å². The van der Waals surface area contributed by atoms with Crippen LogP contribution in [0.2, 0.25) is 0 Å². The topological polar surface area (TPSA) is 92.3 Å². The van der Waals surface area contributed by atoms with E-state index in [-0.39, 0.29) is 23.1 Å². The second-order valence-electron chi connectivity index (χ2n) is 6.59. The number of benzene rings is 2. The zero-order chi connectivity index (χ0) is 20.5. The number of carbonyl (C=O) groups excluding carboxylic acids is 2. The van der Waals surface area contributed by atoms with Crippen LogP contribution in [0, 0.1) is 6.92 Å². The minimum Gasteiger partial charge on any atom is -0.325 e. The molecule has 0 radical (unpaired) electrons. The summed E-state index contributed by atoms with van der Waals surface area (Å²) < 4.78 is 26.5. The first kappa shape index (κ1) is 20.9. The van der Waals surface area contributed by atoms with E-state index in [1.54, 1.807) is 12.1 Å². The Morgan fingerprint density at radius 1 is 1.29 bits per heavy atom. The van der Waals surface area contributed by atoms with Gasteiger partial charge in [-0.15, -0.1) is 11.8 Å². The maximum atomic E-state index is 12.9. The lowest BCUT2D eigenvalue weighted by molar-refractivity contribution is -0.116. The minimum absolute atomic E-state index is 0.0888. The summed E-state index contributed by atoms with van der Waals surface area (Å²) in [4.78, 5) is 24.8. The molecule has 1 atom stereocenters. The van der Waals surface area contributed by atoms with Crippen LogP contribution in [0.25, 0.3) is 0 Å². The molecular formula is C19H19BrN2O4S2. The van der Waals surface area contributed by atoms with Crippen LogP contribution in [0.1, 0.15) is 18.9 Å². The first-order valence-corrected chi connectivity index (χ1v) is 11.9. The molecule has 0 spiro atoms.